The molecule has 0 saturated carbocycles. The minimum atomic E-state index is -0.187. The Morgan fingerprint density at radius 2 is 2.13 bits per heavy atom. The molecule has 3 N–H and O–H groups in total. The lowest BCUT2D eigenvalue weighted by atomic mass is 10.2. The molecule has 15 heavy (non-hydrogen) atoms. The highest BCUT2D eigenvalue weighted by Gasteiger charge is 1.91. The van der Waals surface area contributed by atoms with Crippen LogP contribution in [0.3, 0.4) is 0 Å². The standard InChI is InChI=1S/C11H13N3O/c12-9-11(15)14-6-2-1-3-10-4-7-13-8-5-10/h4-5,7-8H,3,6,9,12H2,(H,14,15). The van der Waals surface area contributed by atoms with E-state index < -0.39 is 0 Å². The second-order valence-electron chi connectivity index (χ2n) is 2.87. The maximum atomic E-state index is 10.7. The predicted octanol–water partition coefficient (Wildman–Crippen LogP) is -0.298. The Morgan fingerprint density at radius 3 is 2.80 bits per heavy atom. The predicted molar refractivity (Wildman–Crippen MR) is 57.8 cm³/mol. The van der Waals surface area contributed by atoms with Crippen LogP contribution in [-0.2, 0) is 11.2 Å². The fraction of sp³-hybridized carbons (Fsp3) is 0.273. The van der Waals surface area contributed by atoms with Crippen LogP contribution in [-0.4, -0.2) is 24.0 Å². The smallest absolute Gasteiger partial charge is 0.234 e. The van der Waals surface area contributed by atoms with Crippen molar-refractivity contribution in [2.75, 3.05) is 13.1 Å². The molecule has 78 valence electrons. The molecule has 1 aromatic heterocycles. The highest BCUT2D eigenvalue weighted by molar-refractivity contribution is 5.77. The number of carbonyl (C=O) groups is 1. The molecule has 0 saturated heterocycles. The molecule has 1 rings (SSSR count). The van der Waals surface area contributed by atoms with Gasteiger partial charge < -0.3 is 11.1 Å². The maximum Gasteiger partial charge on any atom is 0.234 e. The van der Waals surface area contributed by atoms with Gasteiger partial charge in [0, 0.05) is 18.8 Å². The van der Waals surface area contributed by atoms with E-state index >= 15 is 0 Å². The van der Waals surface area contributed by atoms with E-state index in [1.54, 1.807) is 12.4 Å². The van der Waals surface area contributed by atoms with Crippen molar-refractivity contribution in [3.8, 4) is 11.8 Å². The molecule has 0 aliphatic heterocycles. The highest BCUT2D eigenvalue weighted by atomic mass is 16.1. The normalized spacial score (nSPS) is 8.87. The summed E-state index contributed by atoms with van der Waals surface area (Å²) in [7, 11) is 0. The molecule has 0 atom stereocenters. The number of carbonyl (C=O) groups excluding carboxylic acids is 1. The fourth-order valence-electron chi connectivity index (χ4n) is 0.943. The third-order valence-electron chi connectivity index (χ3n) is 1.73. The lowest BCUT2D eigenvalue weighted by Crippen LogP contribution is -2.30. The van der Waals surface area contributed by atoms with Crippen molar-refractivity contribution in [1.82, 2.24) is 10.3 Å². The van der Waals surface area contributed by atoms with Crippen molar-refractivity contribution in [3.05, 3.63) is 30.1 Å². The van der Waals surface area contributed by atoms with Gasteiger partial charge in [0.2, 0.25) is 5.91 Å². The second kappa shape index (κ2) is 6.57. The molecular formula is C11H13N3O. The number of amides is 1. The molecule has 0 spiro atoms. The summed E-state index contributed by atoms with van der Waals surface area (Å²) in [5.41, 5.74) is 6.22. The highest BCUT2D eigenvalue weighted by Crippen LogP contribution is 1.95. The average Bonchev–Trinajstić information content (AvgIpc) is 2.29. The van der Waals surface area contributed by atoms with Crippen LogP contribution < -0.4 is 11.1 Å². The van der Waals surface area contributed by atoms with E-state index in [-0.39, 0.29) is 12.5 Å². The van der Waals surface area contributed by atoms with Crippen LogP contribution >= 0.6 is 0 Å². The van der Waals surface area contributed by atoms with Crippen LogP contribution in [0.5, 0.6) is 0 Å². The first-order chi connectivity index (χ1) is 7.33. The maximum absolute atomic E-state index is 10.7. The van der Waals surface area contributed by atoms with Gasteiger partial charge >= 0.3 is 0 Å². The summed E-state index contributed by atoms with van der Waals surface area (Å²) < 4.78 is 0. The van der Waals surface area contributed by atoms with Crippen LogP contribution in [0.15, 0.2) is 24.5 Å². The summed E-state index contributed by atoms with van der Waals surface area (Å²) in [5, 5.41) is 2.57. The number of nitrogens with two attached hydrogens (primary N) is 1. The van der Waals surface area contributed by atoms with Gasteiger partial charge in [0.25, 0.3) is 0 Å². The quantitative estimate of drug-likeness (QED) is 0.663. The van der Waals surface area contributed by atoms with Crippen molar-refractivity contribution >= 4 is 5.91 Å². The third-order valence-corrected chi connectivity index (χ3v) is 1.73. The summed E-state index contributed by atoms with van der Waals surface area (Å²) in [5.74, 6) is 5.60. The van der Waals surface area contributed by atoms with Gasteiger partial charge in [0.1, 0.15) is 0 Å². The van der Waals surface area contributed by atoms with E-state index in [0.29, 0.717) is 13.0 Å². The summed E-state index contributed by atoms with van der Waals surface area (Å²) >= 11 is 0. The first-order valence-corrected chi connectivity index (χ1v) is 4.64. The zero-order valence-corrected chi connectivity index (χ0v) is 8.36. The van der Waals surface area contributed by atoms with Gasteiger partial charge in [-0.3, -0.25) is 9.78 Å². The van der Waals surface area contributed by atoms with Crippen molar-refractivity contribution in [1.29, 1.82) is 0 Å². The van der Waals surface area contributed by atoms with Gasteiger partial charge in [-0.2, -0.15) is 0 Å². The first-order valence-electron chi connectivity index (χ1n) is 4.64. The minimum absolute atomic E-state index is 0.00599. The molecule has 0 bridgehead atoms. The Bertz CT molecular complexity index is 364. The van der Waals surface area contributed by atoms with Crippen LogP contribution in [0.4, 0.5) is 0 Å². The number of nitrogens with zero attached hydrogens (tertiary/aromatic N) is 1. The topological polar surface area (TPSA) is 68.0 Å². The molecule has 1 aromatic rings. The second-order valence-corrected chi connectivity index (χ2v) is 2.87. The molecule has 0 radical (unpaired) electrons. The Kier molecular flexibility index (Phi) is 4.91. The number of pyridine rings is 1. The van der Waals surface area contributed by atoms with Gasteiger partial charge in [-0.05, 0) is 17.7 Å². The van der Waals surface area contributed by atoms with Gasteiger partial charge in [0.15, 0.2) is 0 Å². The SMILES string of the molecule is NCC(=O)NCC#CCc1ccncc1. The van der Waals surface area contributed by atoms with E-state index in [2.05, 4.69) is 22.1 Å². The number of nitrogens with one attached hydrogen (secondary N) is 1. The van der Waals surface area contributed by atoms with Gasteiger partial charge in [-0.15, -0.1) is 0 Å². The van der Waals surface area contributed by atoms with Crippen molar-refractivity contribution in [3.63, 3.8) is 0 Å². The number of hydrogen-bond acceptors (Lipinski definition) is 3. The summed E-state index contributed by atoms with van der Waals surface area (Å²) in [4.78, 5) is 14.6. The zero-order valence-electron chi connectivity index (χ0n) is 8.36. The fourth-order valence-corrected chi connectivity index (χ4v) is 0.943. The Labute approximate surface area is 88.9 Å². The number of aromatic nitrogens is 1. The van der Waals surface area contributed by atoms with Gasteiger partial charge in [0.05, 0.1) is 13.1 Å². The lowest BCUT2D eigenvalue weighted by molar-refractivity contribution is -0.119. The monoisotopic (exact) mass is 203 g/mol. The van der Waals surface area contributed by atoms with Crippen molar-refractivity contribution in [2.45, 2.75) is 6.42 Å². The van der Waals surface area contributed by atoms with Crippen LogP contribution in [0.25, 0.3) is 0 Å². The molecule has 0 fully saturated rings. The van der Waals surface area contributed by atoms with Crippen LogP contribution in [0.1, 0.15) is 5.56 Å². The third kappa shape index (κ3) is 4.79. The Balaban J connectivity index is 2.26. The van der Waals surface area contributed by atoms with Crippen molar-refractivity contribution in [2.24, 2.45) is 5.73 Å². The van der Waals surface area contributed by atoms with E-state index in [0.717, 1.165) is 5.56 Å². The molecule has 0 aromatic carbocycles. The van der Waals surface area contributed by atoms with E-state index in [9.17, 15) is 4.79 Å². The molecule has 0 unspecified atom stereocenters. The van der Waals surface area contributed by atoms with Crippen LogP contribution in [0, 0.1) is 11.8 Å². The zero-order chi connectivity index (χ0) is 10.9. The van der Waals surface area contributed by atoms with E-state index in [4.69, 9.17) is 5.73 Å². The molecule has 4 heteroatoms. The molecule has 0 aliphatic carbocycles. The summed E-state index contributed by atoms with van der Waals surface area (Å²) in [6, 6.07) is 3.82. The van der Waals surface area contributed by atoms with E-state index in [1.807, 2.05) is 12.1 Å². The minimum Gasteiger partial charge on any atom is -0.344 e. The number of rotatable bonds is 3. The summed E-state index contributed by atoms with van der Waals surface area (Å²) in [6.45, 7) is 0.354. The average molecular weight is 203 g/mol. The number of hydrogen-bond donors (Lipinski definition) is 2. The molecular weight excluding hydrogens is 190 g/mol. The van der Waals surface area contributed by atoms with Crippen LogP contribution in [0.2, 0.25) is 0 Å². The first kappa shape index (κ1) is 11.2. The molecule has 1 heterocycles. The Morgan fingerprint density at radius 1 is 1.40 bits per heavy atom. The molecule has 0 aliphatic rings. The lowest BCUT2D eigenvalue weighted by Gasteiger charge is -1.95. The van der Waals surface area contributed by atoms with E-state index in [1.165, 1.54) is 0 Å². The van der Waals surface area contributed by atoms with Gasteiger partial charge in [-0.1, -0.05) is 11.8 Å². The van der Waals surface area contributed by atoms with Gasteiger partial charge in [-0.25, -0.2) is 0 Å². The van der Waals surface area contributed by atoms with Crippen molar-refractivity contribution < 1.29 is 4.79 Å². The molecule has 4 nitrogen and oxygen atoms in total. The Hall–Kier alpha value is -1.86. The molecule has 1 amide bonds. The largest absolute Gasteiger partial charge is 0.344 e. The summed E-state index contributed by atoms with van der Waals surface area (Å²) in [6.07, 6.45) is 4.13.